The molecule has 3 aromatic carbocycles. The molecular formula is C23H21N. The average Bonchev–Trinajstić information content (AvgIpc) is 2.61. The van der Waals surface area contributed by atoms with Crippen molar-refractivity contribution in [2.75, 3.05) is 19.0 Å². The summed E-state index contributed by atoms with van der Waals surface area (Å²) in [4.78, 5) is 2.10. The lowest BCUT2D eigenvalue weighted by molar-refractivity contribution is 1.12. The summed E-state index contributed by atoms with van der Waals surface area (Å²) < 4.78 is 0. The highest BCUT2D eigenvalue weighted by atomic mass is 15.1. The molecular weight excluding hydrogens is 290 g/mol. The molecule has 0 unspecified atom stereocenters. The Hall–Kier alpha value is -2.98. The summed E-state index contributed by atoms with van der Waals surface area (Å²) in [6.45, 7) is 2.10. The minimum Gasteiger partial charge on any atom is -0.377 e. The van der Waals surface area contributed by atoms with Gasteiger partial charge >= 0.3 is 0 Å². The molecule has 0 aromatic heterocycles. The van der Waals surface area contributed by atoms with Gasteiger partial charge in [0.25, 0.3) is 0 Å². The first kappa shape index (κ1) is 15.9. The Balaban J connectivity index is 2.06. The van der Waals surface area contributed by atoms with E-state index < -0.39 is 0 Å². The second kappa shape index (κ2) is 7.06. The molecule has 3 rings (SSSR count). The monoisotopic (exact) mass is 311 g/mol. The zero-order valence-electron chi connectivity index (χ0n) is 14.4. The number of anilines is 1. The van der Waals surface area contributed by atoms with Crippen molar-refractivity contribution in [3.63, 3.8) is 0 Å². The van der Waals surface area contributed by atoms with E-state index in [1.165, 1.54) is 16.7 Å². The van der Waals surface area contributed by atoms with Crippen molar-refractivity contribution >= 4 is 5.69 Å². The highest BCUT2D eigenvalue weighted by Crippen LogP contribution is 2.23. The lowest BCUT2D eigenvalue weighted by atomic mass is 9.99. The van der Waals surface area contributed by atoms with Gasteiger partial charge in [-0.15, -0.1) is 0 Å². The molecule has 0 bridgehead atoms. The van der Waals surface area contributed by atoms with E-state index in [0.717, 1.165) is 16.8 Å². The smallest absolute Gasteiger partial charge is 0.0520 e. The first-order valence-corrected chi connectivity index (χ1v) is 8.09. The topological polar surface area (TPSA) is 3.24 Å². The van der Waals surface area contributed by atoms with Crippen molar-refractivity contribution in [3.8, 4) is 23.0 Å². The number of hydrogen-bond donors (Lipinski definition) is 0. The van der Waals surface area contributed by atoms with Crippen molar-refractivity contribution in [1.29, 1.82) is 0 Å². The second-order valence-electron chi connectivity index (χ2n) is 6.08. The summed E-state index contributed by atoms with van der Waals surface area (Å²) in [6.07, 6.45) is 0. The van der Waals surface area contributed by atoms with Crippen LogP contribution in [0.15, 0.2) is 72.8 Å². The third-order valence-corrected chi connectivity index (χ3v) is 3.98. The molecule has 0 spiro atoms. The van der Waals surface area contributed by atoms with Crippen LogP contribution in [-0.2, 0) is 0 Å². The Morgan fingerprint density at radius 1 is 0.708 bits per heavy atom. The summed E-state index contributed by atoms with van der Waals surface area (Å²) in [5, 5.41) is 0. The molecule has 1 nitrogen and oxygen atoms in total. The fourth-order valence-electron chi connectivity index (χ4n) is 2.74. The fourth-order valence-corrected chi connectivity index (χ4v) is 2.74. The quantitative estimate of drug-likeness (QED) is 0.593. The van der Waals surface area contributed by atoms with Crippen molar-refractivity contribution < 1.29 is 0 Å². The molecule has 1 heteroatoms. The minimum absolute atomic E-state index is 1.05. The van der Waals surface area contributed by atoms with Gasteiger partial charge in [0, 0.05) is 25.2 Å². The van der Waals surface area contributed by atoms with E-state index in [4.69, 9.17) is 0 Å². The Kier molecular flexibility index (Phi) is 4.68. The van der Waals surface area contributed by atoms with E-state index in [9.17, 15) is 0 Å². The second-order valence-corrected chi connectivity index (χ2v) is 6.08. The third-order valence-electron chi connectivity index (χ3n) is 3.98. The Bertz CT molecular complexity index is 896. The lowest BCUT2D eigenvalue weighted by Crippen LogP contribution is -2.10. The van der Waals surface area contributed by atoms with Crippen LogP contribution in [0.1, 0.15) is 16.7 Å². The first-order valence-electron chi connectivity index (χ1n) is 8.09. The van der Waals surface area contributed by atoms with E-state index >= 15 is 0 Å². The van der Waals surface area contributed by atoms with Gasteiger partial charge in [-0.25, -0.2) is 0 Å². The van der Waals surface area contributed by atoms with Gasteiger partial charge in [0.2, 0.25) is 0 Å². The highest BCUT2D eigenvalue weighted by molar-refractivity contribution is 5.72. The standard InChI is InChI=1S/C23H21N/c1-18-13-16-23(24(2)3)21(17-18)15-14-20-11-7-8-12-22(20)19-9-5-4-6-10-19/h4-13,16-17H,1-3H3. The van der Waals surface area contributed by atoms with Crippen LogP contribution in [0, 0.1) is 18.8 Å². The largest absolute Gasteiger partial charge is 0.377 e. The Morgan fingerprint density at radius 2 is 1.38 bits per heavy atom. The van der Waals surface area contributed by atoms with Crippen molar-refractivity contribution in [1.82, 2.24) is 0 Å². The normalized spacial score (nSPS) is 9.96. The molecule has 0 aliphatic rings. The van der Waals surface area contributed by atoms with Crippen molar-refractivity contribution in [3.05, 3.63) is 89.5 Å². The van der Waals surface area contributed by atoms with E-state index in [1.54, 1.807) is 0 Å². The summed E-state index contributed by atoms with van der Waals surface area (Å²) in [7, 11) is 4.10. The van der Waals surface area contributed by atoms with Gasteiger partial charge in [-0.3, -0.25) is 0 Å². The maximum absolute atomic E-state index is 3.37. The molecule has 0 saturated heterocycles. The maximum atomic E-state index is 3.37. The summed E-state index contributed by atoms with van der Waals surface area (Å²) in [5.74, 6) is 6.74. The predicted octanol–water partition coefficient (Wildman–Crippen LogP) is 5.13. The minimum atomic E-state index is 1.05. The van der Waals surface area contributed by atoms with Crippen molar-refractivity contribution in [2.24, 2.45) is 0 Å². The molecule has 0 aliphatic carbocycles. The number of rotatable bonds is 2. The number of aryl methyl sites for hydroxylation is 1. The lowest BCUT2D eigenvalue weighted by Gasteiger charge is -2.15. The van der Waals surface area contributed by atoms with Crippen molar-refractivity contribution in [2.45, 2.75) is 6.92 Å². The van der Waals surface area contributed by atoms with Gasteiger partial charge in [0.05, 0.1) is 5.69 Å². The van der Waals surface area contributed by atoms with Crippen LogP contribution in [0.4, 0.5) is 5.69 Å². The number of benzene rings is 3. The van der Waals surface area contributed by atoms with Gasteiger partial charge in [-0.1, -0.05) is 66.4 Å². The zero-order valence-corrected chi connectivity index (χ0v) is 14.4. The molecule has 0 N–H and O–H groups in total. The highest BCUT2D eigenvalue weighted by Gasteiger charge is 2.04. The molecule has 0 fully saturated rings. The predicted molar refractivity (Wildman–Crippen MR) is 103 cm³/mol. The van der Waals surface area contributed by atoms with Crippen LogP contribution in [0.5, 0.6) is 0 Å². The average molecular weight is 311 g/mol. The molecule has 3 aromatic rings. The van der Waals surface area contributed by atoms with E-state index in [0.29, 0.717) is 0 Å². The summed E-state index contributed by atoms with van der Waals surface area (Å²) >= 11 is 0. The summed E-state index contributed by atoms with van der Waals surface area (Å²) in [6, 6.07) is 25.1. The van der Waals surface area contributed by atoms with Gasteiger partial charge < -0.3 is 4.90 Å². The molecule has 0 aliphatic heterocycles. The first-order chi connectivity index (χ1) is 11.6. The van der Waals surface area contributed by atoms with Crippen LogP contribution >= 0.6 is 0 Å². The maximum Gasteiger partial charge on any atom is 0.0520 e. The van der Waals surface area contributed by atoms with Gasteiger partial charge in [0.15, 0.2) is 0 Å². The van der Waals surface area contributed by atoms with Crippen LogP contribution in [0.25, 0.3) is 11.1 Å². The number of nitrogens with zero attached hydrogens (tertiary/aromatic N) is 1. The molecule has 0 radical (unpaired) electrons. The Morgan fingerprint density at radius 3 is 2.12 bits per heavy atom. The molecule has 24 heavy (non-hydrogen) atoms. The molecule has 0 heterocycles. The van der Waals surface area contributed by atoms with E-state index in [-0.39, 0.29) is 0 Å². The summed E-state index contributed by atoms with van der Waals surface area (Å²) in [5.41, 5.74) is 6.84. The van der Waals surface area contributed by atoms with Crippen LogP contribution in [0.2, 0.25) is 0 Å². The Labute approximate surface area is 144 Å². The SMILES string of the molecule is Cc1ccc(N(C)C)c(C#Cc2ccccc2-c2ccccc2)c1. The molecule has 0 amide bonds. The van der Waals surface area contributed by atoms with Crippen LogP contribution in [0.3, 0.4) is 0 Å². The molecule has 0 atom stereocenters. The molecule has 0 saturated carbocycles. The van der Waals surface area contributed by atoms with Crippen LogP contribution in [-0.4, -0.2) is 14.1 Å². The van der Waals surface area contributed by atoms with Gasteiger partial charge in [-0.2, -0.15) is 0 Å². The molecule has 118 valence electrons. The third kappa shape index (κ3) is 3.50. The van der Waals surface area contributed by atoms with Gasteiger partial charge in [0.1, 0.15) is 0 Å². The number of hydrogen-bond acceptors (Lipinski definition) is 1. The fraction of sp³-hybridized carbons (Fsp3) is 0.130. The van der Waals surface area contributed by atoms with Crippen LogP contribution < -0.4 is 4.90 Å². The zero-order chi connectivity index (χ0) is 16.9. The van der Waals surface area contributed by atoms with E-state index in [1.807, 2.05) is 26.2 Å². The van der Waals surface area contributed by atoms with Gasteiger partial charge in [-0.05, 0) is 41.8 Å². The van der Waals surface area contributed by atoms with E-state index in [2.05, 4.69) is 84.3 Å².